The van der Waals surface area contributed by atoms with Crippen LogP contribution >= 0.6 is 11.9 Å². The fourth-order valence-electron chi connectivity index (χ4n) is 2.97. The molecule has 0 fully saturated rings. The Kier molecular flexibility index (Phi) is 6.61. The van der Waals surface area contributed by atoms with Crippen LogP contribution in [0.1, 0.15) is 5.56 Å². The van der Waals surface area contributed by atoms with E-state index in [9.17, 15) is 13.2 Å². The number of carbonyl (C=O) groups is 1. The van der Waals surface area contributed by atoms with Crippen molar-refractivity contribution in [1.82, 2.24) is 4.72 Å². The summed E-state index contributed by atoms with van der Waals surface area (Å²) in [5, 5.41) is 0. The molecule has 0 heterocycles. The van der Waals surface area contributed by atoms with Gasteiger partial charge in [-0.05, 0) is 47.0 Å². The summed E-state index contributed by atoms with van der Waals surface area (Å²) in [7, 11) is -2.14. The van der Waals surface area contributed by atoms with Gasteiger partial charge in [0.15, 0.2) is 0 Å². The monoisotopic (exact) mass is 427 g/mol. The molecule has 0 saturated heterocycles. The van der Waals surface area contributed by atoms with E-state index >= 15 is 0 Å². The number of hydrogen-bond donors (Lipinski definition) is 1. The first kappa shape index (κ1) is 21.0. The van der Waals surface area contributed by atoms with E-state index in [4.69, 9.17) is 4.74 Å². The number of carbonyl (C=O) groups excluding carboxylic acids is 1. The summed E-state index contributed by atoms with van der Waals surface area (Å²) in [5.74, 6) is 0.519. The number of ether oxygens (including phenoxy) is 1. The Morgan fingerprint density at radius 2 is 1.52 bits per heavy atom. The second kappa shape index (κ2) is 9.15. The van der Waals surface area contributed by atoms with Gasteiger partial charge in [0.25, 0.3) is 0 Å². The summed E-state index contributed by atoms with van der Waals surface area (Å²) >= 11 is 1.18. The largest absolute Gasteiger partial charge is 0.497 e. The maximum absolute atomic E-state index is 13.2. The lowest BCUT2D eigenvalue weighted by atomic mass is 10.1. The number of nitrogens with one attached hydrogen (secondary N) is 1. The number of amides is 1. The van der Waals surface area contributed by atoms with Gasteiger partial charge in [0.1, 0.15) is 5.75 Å². The fraction of sp³-hybridized carbons (Fsp3) is 0.136. The van der Waals surface area contributed by atoms with Crippen LogP contribution in [-0.2, 0) is 21.1 Å². The zero-order valence-corrected chi connectivity index (χ0v) is 17.7. The Hall–Kier alpha value is -2.77. The Morgan fingerprint density at radius 1 is 0.931 bits per heavy atom. The van der Waals surface area contributed by atoms with Crippen LogP contribution in [0.15, 0.2) is 82.6 Å². The molecule has 3 aromatic rings. The molecule has 5 nitrogen and oxygen atoms in total. The van der Waals surface area contributed by atoms with Gasteiger partial charge >= 0.3 is 0 Å². The Bertz CT molecular complexity index is 1090. The average Bonchev–Trinajstić information content (AvgIpc) is 2.74. The van der Waals surface area contributed by atoms with Crippen molar-refractivity contribution < 1.29 is 17.9 Å². The highest BCUT2D eigenvalue weighted by Gasteiger charge is 2.22. The van der Waals surface area contributed by atoms with Gasteiger partial charge in [-0.25, -0.2) is 8.42 Å². The molecule has 7 heteroatoms. The summed E-state index contributed by atoms with van der Waals surface area (Å²) in [6, 6.07) is 20.9. The molecule has 0 aliphatic rings. The summed E-state index contributed by atoms with van der Waals surface area (Å²) in [4.78, 5) is 12.3. The van der Waals surface area contributed by atoms with Crippen LogP contribution in [0.3, 0.4) is 0 Å². The smallest absolute Gasteiger partial charge is 0.234 e. The molecule has 1 amide bonds. The molecular weight excluding hydrogens is 406 g/mol. The summed E-state index contributed by atoms with van der Waals surface area (Å²) in [6.07, 6.45) is 1.74. The van der Waals surface area contributed by atoms with Crippen LogP contribution < -0.4 is 9.46 Å². The van der Waals surface area contributed by atoms with Crippen molar-refractivity contribution in [2.24, 2.45) is 0 Å². The molecule has 3 rings (SSSR count). The lowest BCUT2D eigenvalue weighted by Crippen LogP contribution is -2.19. The third-order valence-corrected chi connectivity index (χ3v) is 6.72. The van der Waals surface area contributed by atoms with Crippen molar-refractivity contribution in [3.05, 3.63) is 78.4 Å². The van der Waals surface area contributed by atoms with Gasteiger partial charge in [0.05, 0.1) is 23.3 Å². The van der Waals surface area contributed by atoms with E-state index < -0.39 is 9.84 Å². The molecule has 0 aromatic heterocycles. The topological polar surface area (TPSA) is 72.5 Å². The fourth-order valence-corrected chi connectivity index (χ4v) is 4.76. The van der Waals surface area contributed by atoms with E-state index in [0.717, 1.165) is 16.9 Å². The Labute approximate surface area is 175 Å². The molecule has 1 N–H and O–H groups in total. The number of methoxy groups -OCH3 is 1. The van der Waals surface area contributed by atoms with Crippen LogP contribution in [0.25, 0.3) is 11.1 Å². The predicted molar refractivity (Wildman–Crippen MR) is 116 cm³/mol. The first-order valence-corrected chi connectivity index (χ1v) is 11.6. The Morgan fingerprint density at radius 3 is 2.10 bits per heavy atom. The van der Waals surface area contributed by atoms with Gasteiger partial charge < -0.3 is 9.46 Å². The quantitative estimate of drug-likeness (QED) is 0.574. The first-order valence-electron chi connectivity index (χ1n) is 8.85. The summed E-state index contributed by atoms with van der Waals surface area (Å²) < 4.78 is 34.1. The molecule has 0 atom stereocenters. The zero-order chi connectivity index (χ0) is 20.9. The minimum atomic E-state index is -3.75. The molecule has 0 spiro atoms. The maximum Gasteiger partial charge on any atom is 0.234 e. The van der Waals surface area contributed by atoms with E-state index in [0.29, 0.717) is 5.56 Å². The highest BCUT2D eigenvalue weighted by atomic mass is 32.2. The van der Waals surface area contributed by atoms with Gasteiger partial charge in [-0.2, -0.15) is 0 Å². The first-order chi connectivity index (χ1) is 14.0. The van der Waals surface area contributed by atoms with Crippen molar-refractivity contribution in [1.29, 1.82) is 0 Å². The van der Waals surface area contributed by atoms with Crippen molar-refractivity contribution in [3.63, 3.8) is 0 Å². The second-order valence-electron chi connectivity index (χ2n) is 6.27. The van der Waals surface area contributed by atoms with E-state index in [1.54, 1.807) is 55.8 Å². The maximum atomic E-state index is 13.2. The molecule has 0 aliphatic heterocycles. The van der Waals surface area contributed by atoms with E-state index in [1.807, 2.05) is 24.3 Å². The van der Waals surface area contributed by atoms with Crippen molar-refractivity contribution >= 4 is 27.7 Å². The number of hydrogen-bond acceptors (Lipinski definition) is 5. The van der Waals surface area contributed by atoms with Crippen molar-refractivity contribution in [3.8, 4) is 16.9 Å². The van der Waals surface area contributed by atoms with Gasteiger partial charge in [-0.1, -0.05) is 54.4 Å². The van der Waals surface area contributed by atoms with E-state index in [-0.39, 0.29) is 22.1 Å². The SMILES string of the molecule is COc1ccc(-c2ccc(S(=O)(=O)c3ccccc3CC(=O)NSC)cc2)cc1. The van der Waals surface area contributed by atoms with Gasteiger partial charge in [-0.3, -0.25) is 4.79 Å². The molecule has 0 unspecified atom stereocenters. The standard InChI is InChI=1S/C22H21NO4S2/c1-27-19-11-7-16(8-12-19)17-9-13-20(14-10-17)29(25,26)21-6-4-3-5-18(21)15-22(24)23-28-2/h3-14H,15H2,1-2H3,(H,23,24). The second-order valence-corrected chi connectivity index (χ2v) is 8.80. The lowest BCUT2D eigenvalue weighted by Gasteiger charge is -2.11. The highest BCUT2D eigenvalue weighted by molar-refractivity contribution is 7.97. The number of sulfone groups is 1. The molecule has 0 radical (unpaired) electrons. The Balaban J connectivity index is 1.91. The van der Waals surface area contributed by atoms with Crippen molar-refractivity contribution in [2.75, 3.05) is 13.4 Å². The van der Waals surface area contributed by atoms with Crippen LogP contribution in [0.2, 0.25) is 0 Å². The minimum Gasteiger partial charge on any atom is -0.497 e. The van der Waals surface area contributed by atoms with Crippen LogP contribution in [-0.4, -0.2) is 27.7 Å². The normalized spacial score (nSPS) is 11.1. The molecule has 3 aromatic carbocycles. The summed E-state index contributed by atoms with van der Waals surface area (Å²) in [5.41, 5.74) is 2.33. The number of rotatable bonds is 7. The third kappa shape index (κ3) is 4.81. The lowest BCUT2D eigenvalue weighted by molar-refractivity contribution is -0.118. The van der Waals surface area contributed by atoms with Crippen LogP contribution in [0.4, 0.5) is 0 Å². The van der Waals surface area contributed by atoms with Gasteiger partial charge in [-0.15, -0.1) is 0 Å². The van der Waals surface area contributed by atoms with Crippen LogP contribution in [0.5, 0.6) is 5.75 Å². The van der Waals surface area contributed by atoms with Crippen LogP contribution in [0, 0.1) is 0 Å². The van der Waals surface area contributed by atoms with E-state index in [2.05, 4.69) is 4.72 Å². The molecule has 29 heavy (non-hydrogen) atoms. The van der Waals surface area contributed by atoms with Crippen molar-refractivity contribution in [2.45, 2.75) is 16.2 Å². The molecule has 0 bridgehead atoms. The third-order valence-electron chi connectivity index (χ3n) is 4.42. The molecule has 0 aliphatic carbocycles. The average molecular weight is 428 g/mol. The van der Waals surface area contributed by atoms with Gasteiger partial charge in [0.2, 0.25) is 15.7 Å². The highest BCUT2D eigenvalue weighted by Crippen LogP contribution is 2.28. The minimum absolute atomic E-state index is 0.000174. The zero-order valence-electron chi connectivity index (χ0n) is 16.1. The van der Waals surface area contributed by atoms with Gasteiger partial charge in [0, 0.05) is 6.26 Å². The summed E-state index contributed by atoms with van der Waals surface area (Å²) in [6.45, 7) is 0. The number of benzene rings is 3. The molecule has 150 valence electrons. The molecular formula is C22H21NO4S2. The predicted octanol–water partition coefficient (Wildman–Crippen LogP) is 4.13. The molecule has 0 saturated carbocycles. The van der Waals surface area contributed by atoms with E-state index in [1.165, 1.54) is 18.0 Å².